The molecular weight excluding hydrogens is 297 g/mol. The van der Waals surface area contributed by atoms with Gasteiger partial charge in [-0.2, -0.15) is 0 Å². The minimum Gasteiger partial charge on any atom is -0.337 e. The molecule has 0 atom stereocenters. The Morgan fingerprint density at radius 1 is 1.15 bits per heavy atom. The molecule has 4 nitrogen and oxygen atoms in total. The highest BCUT2D eigenvalue weighted by molar-refractivity contribution is 6.42. The van der Waals surface area contributed by atoms with Crippen molar-refractivity contribution in [3.63, 3.8) is 0 Å². The molecule has 1 aromatic rings. The van der Waals surface area contributed by atoms with Crippen molar-refractivity contribution >= 4 is 34.9 Å². The van der Waals surface area contributed by atoms with Crippen LogP contribution in [-0.2, 0) is 0 Å². The molecule has 6 heteroatoms. The lowest BCUT2D eigenvalue weighted by atomic mass is 10.1. The first-order valence-corrected chi connectivity index (χ1v) is 7.63. The summed E-state index contributed by atoms with van der Waals surface area (Å²) >= 11 is 11.7. The first-order chi connectivity index (χ1) is 9.65. The number of urea groups is 1. The second-order valence-corrected chi connectivity index (χ2v) is 5.73. The van der Waals surface area contributed by atoms with Crippen molar-refractivity contribution in [1.82, 2.24) is 10.2 Å². The number of hydrogen-bond donors (Lipinski definition) is 2. The molecule has 2 N–H and O–H groups in total. The van der Waals surface area contributed by atoms with Crippen LogP contribution in [-0.4, -0.2) is 37.1 Å². The van der Waals surface area contributed by atoms with Crippen LogP contribution in [0.25, 0.3) is 0 Å². The summed E-state index contributed by atoms with van der Waals surface area (Å²) in [6, 6.07) is 4.79. The maximum absolute atomic E-state index is 11.7. The van der Waals surface area contributed by atoms with E-state index in [2.05, 4.69) is 15.5 Å². The standard InChI is InChI=1S/C14H19Cl2N3O/c15-12-5-4-11(10-13(12)16)18-14(20)17-6-9-19-7-2-1-3-8-19/h4-5,10H,1-3,6-9H2,(H2,17,18,20). The highest BCUT2D eigenvalue weighted by Gasteiger charge is 2.10. The zero-order chi connectivity index (χ0) is 14.4. The third kappa shape index (κ3) is 4.85. The van der Waals surface area contributed by atoms with Gasteiger partial charge in [0.15, 0.2) is 0 Å². The fraction of sp³-hybridized carbons (Fsp3) is 0.500. The average molecular weight is 316 g/mol. The molecule has 0 bridgehead atoms. The highest BCUT2D eigenvalue weighted by Crippen LogP contribution is 2.24. The fourth-order valence-corrected chi connectivity index (χ4v) is 2.56. The van der Waals surface area contributed by atoms with Gasteiger partial charge in [0.2, 0.25) is 0 Å². The van der Waals surface area contributed by atoms with Gasteiger partial charge in [0.25, 0.3) is 0 Å². The van der Waals surface area contributed by atoms with Crippen LogP contribution < -0.4 is 10.6 Å². The molecular formula is C14H19Cl2N3O. The summed E-state index contributed by atoms with van der Waals surface area (Å²) in [5.41, 5.74) is 0.634. The Balaban J connectivity index is 1.70. The molecule has 0 radical (unpaired) electrons. The van der Waals surface area contributed by atoms with Gasteiger partial charge < -0.3 is 15.5 Å². The van der Waals surface area contributed by atoms with Crippen LogP contribution in [0.15, 0.2) is 18.2 Å². The van der Waals surface area contributed by atoms with Gasteiger partial charge in [-0.25, -0.2) is 4.79 Å². The van der Waals surface area contributed by atoms with E-state index in [-0.39, 0.29) is 6.03 Å². The largest absolute Gasteiger partial charge is 0.337 e. The maximum atomic E-state index is 11.7. The minimum absolute atomic E-state index is 0.222. The van der Waals surface area contributed by atoms with Crippen LogP contribution in [0.3, 0.4) is 0 Å². The second kappa shape index (κ2) is 7.72. The Morgan fingerprint density at radius 2 is 1.90 bits per heavy atom. The van der Waals surface area contributed by atoms with Gasteiger partial charge in [-0.05, 0) is 44.1 Å². The first kappa shape index (κ1) is 15.4. The van der Waals surface area contributed by atoms with Crippen LogP contribution in [0.4, 0.5) is 10.5 Å². The molecule has 2 amide bonds. The smallest absolute Gasteiger partial charge is 0.319 e. The molecule has 1 saturated heterocycles. The molecule has 0 saturated carbocycles. The van der Waals surface area contributed by atoms with E-state index in [1.807, 2.05) is 0 Å². The van der Waals surface area contributed by atoms with Gasteiger partial charge in [-0.3, -0.25) is 0 Å². The molecule has 1 fully saturated rings. The lowest BCUT2D eigenvalue weighted by Gasteiger charge is -2.26. The summed E-state index contributed by atoms with van der Waals surface area (Å²) < 4.78 is 0. The summed E-state index contributed by atoms with van der Waals surface area (Å²) in [4.78, 5) is 14.1. The number of anilines is 1. The number of benzene rings is 1. The zero-order valence-corrected chi connectivity index (χ0v) is 12.8. The zero-order valence-electron chi connectivity index (χ0n) is 11.3. The molecule has 1 aliphatic rings. The number of halogens is 2. The Morgan fingerprint density at radius 3 is 2.60 bits per heavy atom. The molecule has 0 spiro atoms. The molecule has 110 valence electrons. The topological polar surface area (TPSA) is 44.4 Å². The Labute approximate surface area is 129 Å². The number of rotatable bonds is 4. The van der Waals surface area contributed by atoms with E-state index >= 15 is 0 Å². The number of amides is 2. The van der Waals surface area contributed by atoms with E-state index in [9.17, 15) is 4.79 Å². The number of hydrogen-bond acceptors (Lipinski definition) is 2. The SMILES string of the molecule is O=C(NCCN1CCCCC1)Nc1ccc(Cl)c(Cl)c1. The van der Waals surface area contributed by atoms with Gasteiger partial charge in [-0.1, -0.05) is 29.6 Å². The fourth-order valence-electron chi connectivity index (χ4n) is 2.26. The number of likely N-dealkylation sites (tertiary alicyclic amines) is 1. The molecule has 20 heavy (non-hydrogen) atoms. The van der Waals surface area contributed by atoms with E-state index in [0.717, 1.165) is 19.6 Å². The molecule has 1 aliphatic heterocycles. The third-order valence-corrected chi connectivity index (χ3v) is 4.08. The van der Waals surface area contributed by atoms with Crippen molar-refractivity contribution in [1.29, 1.82) is 0 Å². The normalized spacial score (nSPS) is 15.9. The lowest BCUT2D eigenvalue weighted by Crippen LogP contribution is -2.39. The number of carbonyl (C=O) groups excluding carboxylic acids is 1. The maximum Gasteiger partial charge on any atom is 0.319 e. The summed E-state index contributed by atoms with van der Waals surface area (Å²) in [6.45, 7) is 3.81. The van der Waals surface area contributed by atoms with Gasteiger partial charge >= 0.3 is 6.03 Å². The quantitative estimate of drug-likeness (QED) is 0.891. The van der Waals surface area contributed by atoms with E-state index in [1.165, 1.54) is 19.3 Å². The Hall–Kier alpha value is -0.970. The van der Waals surface area contributed by atoms with E-state index in [4.69, 9.17) is 23.2 Å². The molecule has 0 aromatic heterocycles. The predicted molar refractivity (Wildman–Crippen MR) is 83.8 cm³/mol. The third-order valence-electron chi connectivity index (χ3n) is 3.34. The van der Waals surface area contributed by atoms with Crippen molar-refractivity contribution in [2.45, 2.75) is 19.3 Å². The number of piperidine rings is 1. The minimum atomic E-state index is -0.222. The van der Waals surface area contributed by atoms with Crippen molar-refractivity contribution in [3.8, 4) is 0 Å². The van der Waals surface area contributed by atoms with E-state index in [1.54, 1.807) is 18.2 Å². The van der Waals surface area contributed by atoms with Crippen LogP contribution in [0.5, 0.6) is 0 Å². The molecule has 0 unspecified atom stereocenters. The van der Waals surface area contributed by atoms with Gasteiger partial charge in [-0.15, -0.1) is 0 Å². The summed E-state index contributed by atoms with van der Waals surface area (Å²) in [7, 11) is 0. The number of carbonyl (C=O) groups is 1. The van der Waals surface area contributed by atoms with Crippen molar-refractivity contribution in [2.75, 3.05) is 31.5 Å². The number of nitrogens with one attached hydrogen (secondary N) is 2. The summed E-state index contributed by atoms with van der Waals surface area (Å²) in [5.74, 6) is 0. The van der Waals surface area contributed by atoms with Gasteiger partial charge in [0.1, 0.15) is 0 Å². The van der Waals surface area contributed by atoms with E-state index in [0.29, 0.717) is 22.3 Å². The van der Waals surface area contributed by atoms with E-state index < -0.39 is 0 Å². The van der Waals surface area contributed by atoms with Crippen LogP contribution >= 0.6 is 23.2 Å². The summed E-state index contributed by atoms with van der Waals surface area (Å²) in [6.07, 6.45) is 3.84. The van der Waals surface area contributed by atoms with Crippen LogP contribution in [0.1, 0.15) is 19.3 Å². The van der Waals surface area contributed by atoms with Crippen molar-refractivity contribution < 1.29 is 4.79 Å². The molecule has 1 heterocycles. The molecule has 2 rings (SSSR count). The van der Waals surface area contributed by atoms with Crippen LogP contribution in [0, 0.1) is 0 Å². The predicted octanol–water partition coefficient (Wildman–Crippen LogP) is 3.60. The van der Waals surface area contributed by atoms with Crippen molar-refractivity contribution in [2.24, 2.45) is 0 Å². The first-order valence-electron chi connectivity index (χ1n) is 6.87. The number of nitrogens with zero attached hydrogens (tertiary/aromatic N) is 1. The summed E-state index contributed by atoms with van der Waals surface area (Å²) in [5, 5.41) is 6.48. The monoisotopic (exact) mass is 315 g/mol. The van der Waals surface area contributed by atoms with Gasteiger partial charge in [0.05, 0.1) is 10.0 Å². The lowest BCUT2D eigenvalue weighted by molar-refractivity contribution is 0.224. The average Bonchev–Trinajstić information content (AvgIpc) is 2.44. The second-order valence-electron chi connectivity index (χ2n) is 4.91. The highest BCUT2D eigenvalue weighted by atomic mass is 35.5. The van der Waals surface area contributed by atoms with Crippen LogP contribution in [0.2, 0.25) is 10.0 Å². The van der Waals surface area contributed by atoms with Crippen molar-refractivity contribution in [3.05, 3.63) is 28.2 Å². The Kier molecular flexibility index (Phi) is 5.95. The Bertz CT molecular complexity index is 462. The molecule has 1 aromatic carbocycles. The molecule has 0 aliphatic carbocycles. The van der Waals surface area contributed by atoms with Gasteiger partial charge in [0, 0.05) is 18.8 Å².